The lowest BCUT2D eigenvalue weighted by molar-refractivity contribution is 0.104. The average molecular weight is 335 g/mol. The number of benzene rings is 1. The Morgan fingerprint density at radius 3 is 2.28 bits per heavy atom. The molecule has 1 aromatic rings. The molecule has 2 heteroatoms. The lowest BCUT2D eigenvalue weighted by Gasteiger charge is -2.41. The molecule has 1 saturated carbocycles. The average Bonchev–Trinajstić information content (AvgIpc) is 2.88. The van der Waals surface area contributed by atoms with Crippen molar-refractivity contribution < 1.29 is 0 Å². The van der Waals surface area contributed by atoms with Crippen molar-refractivity contribution in [3.05, 3.63) is 47.0 Å². The molecule has 0 N–H and O–H groups in total. The molecule has 3 aliphatic rings. The highest BCUT2D eigenvalue weighted by atomic mass is 15.2. The van der Waals surface area contributed by atoms with E-state index in [0.717, 1.165) is 23.3 Å². The summed E-state index contributed by atoms with van der Waals surface area (Å²) in [5.41, 5.74) is 3.81. The third kappa shape index (κ3) is 3.15. The van der Waals surface area contributed by atoms with E-state index in [1.54, 1.807) is 5.57 Å². The van der Waals surface area contributed by atoms with Gasteiger partial charge in [0.15, 0.2) is 0 Å². The zero-order chi connectivity index (χ0) is 17.4. The van der Waals surface area contributed by atoms with Crippen LogP contribution in [0.2, 0.25) is 0 Å². The minimum Gasteiger partial charge on any atom is -0.296 e. The summed E-state index contributed by atoms with van der Waals surface area (Å²) in [5, 5.41) is 8.96. The van der Waals surface area contributed by atoms with Crippen LogP contribution in [0.4, 0.5) is 0 Å². The number of piperidine rings is 1. The molecule has 0 aromatic heterocycles. The Labute approximate surface area is 152 Å². The summed E-state index contributed by atoms with van der Waals surface area (Å²) in [6.07, 6.45) is 9.46. The molecule has 2 unspecified atom stereocenters. The fraction of sp³-hybridized carbons (Fsp3) is 0.609. The van der Waals surface area contributed by atoms with Crippen LogP contribution in [0.25, 0.3) is 0 Å². The fourth-order valence-corrected chi connectivity index (χ4v) is 5.53. The molecule has 0 bridgehead atoms. The summed E-state index contributed by atoms with van der Waals surface area (Å²) in [6, 6.07) is 11.2. The van der Waals surface area contributed by atoms with Gasteiger partial charge in [0.25, 0.3) is 0 Å². The summed E-state index contributed by atoms with van der Waals surface area (Å²) in [7, 11) is 0. The van der Waals surface area contributed by atoms with Crippen molar-refractivity contribution >= 4 is 0 Å². The molecule has 2 nitrogen and oxygen atoms in total. The normalized spacial score (nSPS) is 31.4. The minimum absolute atomic E-state index is 0.660. The number of rotatable bonds is 3. The third-order valence-electron chi connectivity index (χ3n) is 7.16. The number of nitrogens with zero attached hydrogens (tertiary/aromatic N) is 2. The first-order chi connectivity index (χ1) is 12.2. The standard InChI is InChI=1S/C23H30N2/c1-16-14-22(21-4-3-5-21)17(2)23(16)25-12-10-20(11-13-25)19-8-6-18(15-24)7-9-19/h6-9,14,17,20-23H,3-5,10-13H2,1-2H3/t17?,22?,23-/m1/s1. The predicted molar refractivity (Wildman–Crippen MR) is 102 cm³/mol. The highest BCUT2D eigenvalue weighted by Gasteiger charge is 2.41. The highest BCUT2D eigenvalue weighted by Crippen LogP contribution is 2.46. The monoisotopic (exact) mass is 334 g/mol. The second-order valence-electron chi connectivity index (χ2n) is 8.53. The van der Waals surface area contributed by atoms with Crippen LogP contribution in [0.5, 0.6) is 0 Å². The van der Waals surface area contributed by atoms with Gasteiger partial charge in [-0.3, -0.25) is 4.90 Å². The molecule has 1 saturated heterocycles. The molecule has 2 fully saturated rings. The maximum absolute atomic E-state index is 8.96. The Morgan fingerprint density at radius 2 is 1.72 bits per heavy atom. The quantitative estimate of drug-likeness (QED) is 0.718. The first kappa shape index (κ1) is 16.9. The van der Waals surface area contributed by atoms with Crippen molar-refractivity contribution in [2.75, 3.05) is 13.1 Å². The predicted octanol–water partition coefficient (Wildman–Crippen LogP) is 5.12. The number of hydrogen-bond donors (Lipinski definition) is 0. The topological polar surface area (TPSA) is 27.0 Å². The van der Waals surface area contributed by atoms with Crippen molar-refractivity contribution in [2.45, 2.75) is 57.9 Å². The van der Waals surface area contributed by atoms with Gasteiger partial charge in [-0.15, -0.1) is 0 Å². The molecular weight excluding hydrogens is 304 g/mol. The lowest BCUT2D eigenvalue weighted by atomic mass is 9.71. The van der Waals surface area contributed by atoms with Crippen LogP contribution in [0.3, 0.4) is 0 Å². The lowest BCUT2D eigenvalue weighted by Crippen LogP contribution is -2.45. The Balaban J connectivity index is 1.38. The van der Waals surface area contributed by atoms with Crippen LogP contribution in [0.1, 0.15) is 63.0 Å². The molecule has 3 atom stereocenters. The van der Waals surface area contributed by atoms with Gasteiger partial charge in [0.1, 0.15) is 0 Å². The van der Waals surface area contributed by atoms with E-state index in [0.29, 0.717) is 12.0 Å². The second-order valence-corrected chi connectivity index (χ2v) is 8.53. The van der Waals surface area contributed by atoms with Gasteiger partial charge >= 0.3 is 0 Å². The fourth-order valence-electron chi connectivity index (χ4n) is 5.53. The number of nitriles is 1. The molecule has 0 amide bonds. The van der Waals surface area contributed by atoms with Crippen molar-refractivity contribution in [2.24, 2.45) is 17.8 Å². The number of likely N-dealkylation sites (tertiary alicyclic amines) is 1. The molecule has 1 heterocycles. The van der Waals surface area contributed by atoms with E-state index in [-0.39, 0.29) is 0 Å². The smallest absolute Gasteiger partial charge is 0.0991 e. The number of allylic oxidation sites excluding steroid dienone is 1. The van der Waals surface area contributed by atoms with Crippen molar-refractivity contribution in [1.82, 2.24) is 4.90 Å². The van der Waals surface area contributed by atoms with Crippen LogP contribution in [-0.4, -0.2) is 24.0 Å². The Kier molecular flexibility index (Phi) is 4.69. The van der Waals surface area contributed by atoms with Gasteiger partial charge in [-0.2, -0.15) is 5.26 Å². The van der Waals surface area contributed by atoms with E-state index in [2.05, 4.69) is 43.0 Å². The van der Waals surface area contributed by atoms with Gasteiger partial charge < -0.3 is 0 Å². The number of hydrogen-bond acceptors (Lipinski definition) is 2. The zero-order valence-electron chi connectivity index (χ0n) is 15.6. The van der Waals surface area contributed by atoms with E-state index in [4.69, 9.17) is 5.26 Å². The molecule has 0 radical (unpaired) electrons. The SMILES string of the molecule is CC1=CC(C2CCC2)C(C)[C@@H]1N1CCC(c2ccc(C#N)cc2)CC1. The molecule has 1 aliphatic heterocycles. The third-order valence-corrected chi connectivity index (χ3v) is 7.16. The van der Waals surface area contributed by atoms with Crippen LogP contribution >= 0.6 is 0 Å². The van der Waals surface area contributed by atoms with Gasteiger partial charge in [0.05, 0.1) is 11.6 Å². The zero-order valence-corrected chi connectivity index (χ0v) is 15.6. The van der Waals surface area contributed by atoms with E-state index in [1.165, 1.54) is 50.8 Å². The second kappa shape index (κ2) is 6.96. The summed E-state index contributed by atoms with van der Waals surface area (Å²) >= 11 is 0. The van der Waals surface area contributed by atoms with Crippen molar-refractivity contribution in [3.63, 3.8) is 0 Å². The largest absolute Gasteiger partial charge is 0.296 e. The van der Waals surface area contributed by atoms with Gasteiger partial charge in [-0.1, -0.05) is 37.1 Å². The summed E-state index contributed by atoms with van der Waals surface area (Å²) in [6.45, 7) is 7.28. The maximum atomic E-state index is 8.96. The summed E-state index contributed by atoms with van der Waals surface area (Å²) < 4.78 is 0. The van der Waals surface area contributed by atoms with Crippen LogP contribution in [0.15, 0.2) is 35.9 Å². The first-order valence-electron chi connectivity index (χ1n) is 10.1. The van der Waals surface area contributed by atoms with Crippen molar-refractivity contribution in [3.8, 4) is 6.07 Å². The van der Waals surface area contributed by atoms with Gasteiger partial charge in [0, 0.05) is 6.04 Å². The van der Waals surface area contributed by atoms with E-state index in [9.17, 15) is 0 Å². The molecule has 132 valence electrons. The van der Waals surface area contributed by atoms with Gasteiger partial charge in [-0.25, -0.2) is 0 Å². The molecule has 1 aromatic carbocycles. The summed E-state index contributed by atoms with van der Waals surface area (Å²) in [4.78, 5) is 2.76. The first-order valence-corrected chi connectivity index (χ1v) is 10.1. The molecular formula is C23H30N2. The van der Waals surface area contributed by atoms with E-state index < -0.39 is 0 Å². The summed E-state index contributed by atoms with van der Waals surface area (Å²) in [5.74, 6) is 3.24. The molecule has 4 rings (SSSR count). The molecule has 0 spiro atoms. The maximum Gasteiger partial charge on any atom is 0.0991 e. The Hall–Kier alpha value is -1.59. The van der Waals surface area contributed by atoms with Crippen LogP contribution < -0.4 is 0 Å². The van der Waals surface area contributed by atoms with Crippen LogP contribution in [-0.2, 0) is 0 Å². The molecule has 25 heavy (non-hydrogen) atoms. The van der Waals surface area contributed by atoms with Gasteiger partial charge in [0.2, 0.25) is 0 Å². The van der Waals surface area contributed by atoms with Crippen molar-refractivity contribution in [1.29, 1.82) is 5.26 Å². The van der Waals surface area contributed by atoms with E-state index >= 15 is 0 Å². The van der Waals surface area contributed by atoms with Gasteiger partial charge in [-0.05, 0) is 87.1 Å². The Morgan fingerprint density at radius 1 is 1.04 bits per heavy atom. The minimum atomic E-state index is 0.660. The molecule has 2 aliphatic carbocycles. The Bertz CT molecular complexity index is 669. The van der Waals surface area contributed by atoms with Crippen LogP contribution in [0, 0.1) is 29.1 Å². The van der Waals surface area contributed by atoms with E-state index in [1.807, 2.05) is 12.1 Å². The highest BCUT2D eigenvalue weighted by molar-refractivity contribution is 5.33.